The number of rotatable bonds is 9. The van der Waals surface area contributed by atoms with E-state index in [1.54, 1.807) is 0 Å². The van der Waals surface area contributed by atoms with Gasteiger partial charge < -0.3 is 34.7 Å². The molecule has 11 nitrogen and oxygen atoms in total. The molecule has 2 saturated carbocycles. The van der Waals surface area contributed by atoms with E-state index in [1.807, 2.05) is 18.2 Å². The molecule has 2 unspecified atom stereocenters. The van der Waals surface area contributed by atoms with Crippen molar-refractivity contribution in [2.45, 2.75) is 95.0 Å². The van der Waals surface area contributed by atoms with E-state index in [0.29, 0.717) is 23.5 Å². The zero-order valence-corrected chi connectivity index (χ0v) is 23.2. The molecule has 2 aliphatic carbocycles. The summed E-state index contributed by atoms with van der Waals surface area (Å²) >= 11 is 0. The molecule has 2 fully saturated rings. The third-order valence-corrected chi connectivity index (χ3v) is 7.44. The van der Waals surface area contributed by atoms with E-state index in [2.05, 4.69) is 41.2 Å². The Labute approximate surface area is 234 Å². The summed E-state index contributed by atoms with van der Waals surface area (Å²) in [6.45, 7) is 0.901. The number of nitrogens with zero attached hydrogens (tertiary/aromatic N) is 3. The number of carboxylic acids is 2. The third kappa shape index (κ3) is 8.61. The van der Waals surface area contributed by atoms with E-state index in [9.17, 15) is 14.4 Å². The van der Waals surface area contributed by atoms with Crippen LogP contribution in [0.4, 0.5) is 0 Å². The summed E-state index contributed by atoms with van der Waals surface area (Å²) in [6.07, 6.45) is 7.46. The first kappa shape index (κ1) is 31.3. The number of hydrogen-bond acceptors (Lipinski definition) is 8. The Morgan fingerprint density at radius 1 is 0.850 bits per heavy atom. The van der Waals surface area contributed by atoms with Gasteiger partial charge in [0.1, 0.15) is 0 Å². The highest BCUT2D eigenvalue weighted by Gasteiger charge is 2.34. The first-order valence-electron chi connectivity index (χ1n) is 13.9. The van der Waals surface area contributed by atoms with Gasteiger partial charge in [-0.3, -0.25) is 4.79 Å². The number of benzene rings is 1. The highest BCUT2D eigenvalue weighted by Crippen LogP contribution is 2.32. The first-order chi connectivity index (χ1) is 19.1. The van der Waals surface area contributed by atoms with Crippen molar-refractivity contribution in [3.05, 3.63) is 41.6 Å². The lowest BCUT2D eigenvalue weighted by Gasteiger charge is -2.41. The zero-order valence-electron chi connectivity index (χ0n) is 23.2. The number of carbonyl (C=O) groups is 3. The molecule has 2 aliphatic rings. The second-order valence-electron chi connectivity index (χ2n) is 10.9. The second-order valence-corrected chi connectivity index (χ2v) is 10.9. The molecule has 40 heavy (non-hydrogen) atoms. The van der Waals surface area contributed by atoms with Gasteiger partial charge >= 0.3 is 11.9 Å². The first-order valence-corrected chi connectivity index (χ1v) is 13.9. The number of amides is 1. The van der Waals surface area contributed by atoms with Gasteiger partial charge in [-0.1, -0.05) is 67.9 Å². The number of hydrogen-bond donors (Lipinski definition) is 4. The van der Waals surface area contributed by atoms with Crippen LogP contribution in [-0.2, 0) is 16.1 Å². The fourth-order valence-electron chi connectivity index (χ4n) is 5.40. The van der Waals surface area contributed by atoms with Crippen LogP contribution < -0.4 is 0 Å². The Morgan fingerprint density at radius 2 is 1.32 bits per heavy atom. The van der Waals surface area contributed by atoms with Crippen molar-refractivity contribution < 1.29 is 39.3 Å². The van der Waals surface area contributed by atoms with Crippen molar-refractivity contribution in [2.24, 2.45) is 0 Å². The third-order valence-electron chi connectivity index (χ3n) is 7.44. The number of carboxylic acid groups (broad SMARTS) is 2. The minimum Gasteiger partial charge on any atom is -0.479 e. The van der Waals surface area contributed by atoms with Crippen molar-refractivity contribution in [1.82, 2.24) is 15.0 Å². The highest BCUT2D eigenvalue weighted by molar-refractivity contribution is 5.93. The lowest BCUT2D eigenvalue weighted by molar-refractivity contribution is -0.165. The maximum Gasteiger partial charge on any atom is 0.335 e. The summed E-state index contributed by atoms with van der Waals surface area (Å²) in [6, 6.07) is 10.9. The molecule has 0 saturated heterocycles. The molecule has 0 radical (unpaired) electrons. The highest BCUT2D eigenvalue weighted by atomic mass is 16.5. The van der Waals surface area contributed by atoms with Gasteiger partial charge in [-0.15, -0.1) is 0 Å². The van der Waals surface area contributed by atoms with Gasteiger partial charge in [-0.25, -0.2) is 9.59 Å². The van der Waals surface area contributed by atoms with E-state index in [0.717, 1.165) is 37.8 Å². The molecule has 0 bridgehead atoms. The largest absolute Gasteiger partial charge is 0.479 e. The van der Waals surface area contributed by atoms with Crippen LogP contribution in [-0.4, -0.2) is 91.6 Å². The minimum absolute atomic E-state index is 0.0630. The van der Waals surface area contributed by atoms with E-state index in [1.165, 1.54) is 44.1 Å². The van der Waals surface area contributed by atoms with Crippen LogP contribution in [0.2, 0.25) is 0 Å². The normalized spacial score (nSPS) is 17.9. The van der Waals surface area contributed by atoms with Gasteiger partial charge in [0, 0.05) is 30.3 Å². The van der Waals surface area contributed by atoms with Gasteiger partial charge in [0.2, 0.25) is 0 Å². The summed E-state index contributed by atoms with van der Waals surface area (Å²) in [5.41, 5.74) is 2.67. The lowest BCUT2D eigenvalue weighted by atomic mass is 9.88. The van der Waals surface area contributed by atoms with E-state index >= 15 is 0 Å². The maximum atomic E-state index is 13.6. The Kier molecular flexibility index (Phi) is 11.7. The summed E-state index contributed by atoms with van der Waals surface area (Å²) in [5, 5.41) is 36.7. The van der Waals surface area contributed by atoms with Gasteiger partial charge in [-0.05, 0) is 45.3 Å². The average molecular weight is 560 g/mol. The molecule has 1 aromatic heterocycles. The number of aliphatic hydroxyl groups is 2. The molecular weight excluding hydrogens is 518 g/mol. The Morgan fingerprint density at radius 3 is 1.75 bits per heavy atom. The van der Waals surface area contributed by atoms with Gasteiger partial charge in [0.25, 0.3) is 5.91 Å². The fraction of sp³-hybridized carbons (Fsp3) is 0.586. The molecule has 2 aromatic rings. The maximum absolute atomic E-state index is 13.6. The summed E-state index contributed by atoms with van der Waals surface area (Å²) in [7, 11) is 4.12. The average Bonchev–Trinajstić information content (AvgIpc) is 3.44. The lowest BCUT2D eigenvalue weighted by Crippen LogP contribution is -2.48. The van der Waals surface area contributed by atoms with Crippen molar-refractivity contribution in [3.8, 4) is 11.3 Å². The molecule has 0 aliphatic heterocycles. The molecule has 1 amide bonds. The van der Waals surface area contributed by atoms with Crippen molar-refractivity contribution in [3.63, 3.8) is 0 Å². The zero-order chi connectivity index (χ0) is 29.2. The quantitative estimate of drug-likeness (QED) is 0.358. The van der Waals surface area contributed by atoms with Crippen molar-refractivity contribution >= 4 is 17.8 Å². The molecular formula is C29H41N3O8. The van der Waals surface area contributed by atoms with Crippen LogP contribution in [0.5, 0.6) is 0 Å². The SMILES string of the molecule is CN(C)Cc1ccc(-c2cc(C(=O)N(C3CCCCC3)C3CCCCC3)no2)cc1.O=C(O)C(O)C(O)C(=O)O. The molecule has 4 N–H and O–H groups in total. The molecule has 4 rings (SSSR count). The van der Waals surface area contributed by atoms with Crippen LogP contribution in [0.25, 0.3) is 11.3 Å². The van der Waals surface area contributed by atoms with Crippen molar-refractivity contribution in [2.75, 3.05) is 14.1 Å². The van der Waals surface area contributed by atoms with Crippen molar-refractivity contribution in [1.29, 1.82) is 0 Å². The number of aliphatic hydroxyl groups excluding tert-OH is 2. The predicted octanol–water partition coefficient (Wildman–Crippen LogP) is 3.39. The smallest absolute Gasteiger partial charge is 0.335 e. The van der Waals surface area contributed by atoms with Crippen LogP contribution in [0, 0.1) is 0 Å². The van der Waals surface area contributed by atoms with Gasteiger partial charge in [0.05, 0.1) is 0 Å². The van der Waals surface area contributed by atoms with Gasteiger partial charge in [-0.2, -0.15) is 0 Å². The Bertz CT molecular complexity index is 1070. The second kappa shape index (κ2) is 14.9. The van der Waals surface area contributed by atoms with Crippen LogP contribution >= 0.6 is 0 Å². The topological polar surface area (TPSA) is 165 Å². The monoisotopic (exact) mass is 559 g/mol. The Balaban J connectivity index is 0.000000378. The molecule has 11 heteroatoms. The van der Waals surface area contributed by atoms with Gasteiger partial charge in [0.15, 0.2) is 23.7 Å². The number of aromatic nitrogens is 1. The predicted molar refractivity (Wildman–Crippen MR) is 147 cm³/mol. The van der Waals surface area contributed by atoms with Crippen LogP contribution in [0.15, 0.2) is 34.9 Å². The molecule has 1 aromatic carbocycles. The van der Waals surface area contributed by atoms with E-state index in [-0.39, 0.29) is 5.91 Å². The van der Waals surface area contributed by atoms with E-state index < -0.39 is 24.1 Å². The minimum atomic E-state index is -2.27. The molecule has 0 spiro atoms. The van der Waals surface area contributed by atoms with E-state index in [4.69, 9.17) is 24.9 Å². The summed E-state index contributed by atoms with van der Waals surface area (Å²) in [5.74, 6) is -2.81. The summed E-state index contributed by atoms with van der Waals surface area (Å²) < 4.78 is 5.61. The fourth-order valence-corrected chi connectivity index (χ4v) is 5.40. The Hall–Kier alpha value is -3.28. The number of carbonyl (C=O) groups excluding carboxylic acids is 1. The number of aliphatic carboxylic acids is 2. The molecule has 1 heterocycles. The molecule has 220 valence electrons. The standard InChI is InChI=1S/C25H35N3O2.C4H6O6/c1-27(2)18-19-13-15-20(16-14-19)24-17-23(26-30-24)25(29)28(21-9-5-3-6-10-21)22-11-7-4-8-12-22;5-1(3(7)8)2(6)4(9)10/h13-17,21-22H,3-12,18H2,1-2H3;1-2,5-6H,(H,7,8)(H,9,10). The van der Waals surface area contributed by atoms with Crippen LogP contribution in [0.3, 0.4) is 0 Å². The van der Waals surface area contributed by atoms with Crippen LogP contribution in [0.1, 0.15) is 80.3 Å². The summed E-state index contributed by atoms with van der Waals surface area (Å²) in [4.78, 5) is 37.4. The molecule has 2 atom stereocenters.